The van der Waals surface area contributed by atoms with Crippen molar-refractivity contribution < 1.29 is 24.5 Å². The molecule has 1 aromatic rings. The van der Waals surface area contributed by atoms with E-state index in [0.29, 0.717) is 77.8 Å². The average molecular weight is 547 g/mol. The number of aliphatic imine (C=N–C) groups is 1. The molecule has 7 nitrogen and oxygen atoms in total. The van der Waals surface area contributed by atoms with Gasteiger partial charge in [0.1, 0.15) is 23.3 Å². The van der Waals surface area contributed by atoms with E-state index < -0.39 is 12.0 Å². The zero-order chi connectivity index (χ0) is 28.6. The van der Waals surface area contributed by atoms with Crippen molar-refractivity contribution in [3.05, 3.63) is 45.5 Å². The third-order valence-electron chi connectivity index (χ3n) is 8.18. The van der Waals surface area contributed by atoms with Gasteiger partial charge >= 0.3 is 5.97 Å². The Morgan fingerprint density at radius 2 is 2.03 bits per heavy atom. The van der Waals surface area contributed by atoms with Crippen molar-refractivity contribution in [2.75, 3.05) is 13.7 Å². The van der Waals surface area contributed by atoms with E-state index in [1.54, 1.807) is 13.1 Å². The molecule has 4 N–H and O–H groups in total. The maximum atomic E-state index is 12.3. The lowest BCUT2D eigenvalue weighted by molar-refractivity contribution is -0.138. The number of phenolic OH excluding ortho intramolecular Hbond substituents is 1. The van der Waals surface area contributed by atoms with E-state index in [0.717, 1.165) is 12.0 Å². The Labute approximate surface area is 231 Å². The van der Waals surface area contributed by atoms with Gasteiger partial charge in [-0.25, -0.2) is 0 Å². The van der Waals surface area contributed by atoms with Gasteiger partial charge in [-0.3, -0.25) is 14.6 Å². The smallest absolute Gasteiger partial charge is 0.320 e. The first-order chi connectivity index (χ1) is 17.8. The van der Waals surface area contributed by atoms with Crippen LogP contribution in [-0.2, 0) is 16.0 Å². The van der Waals surface area contributed by atoms with Crippen LogP contribution in [0.5, 0.6) is 11.5 Å². The van der Waals surface area contributed by atoms with E-state index in [9.17, 15) is 14.7 Å². The summed E-state index contributed by atoms with van der Waals surface area (Å²) in [7, 11) is 1.53. The number of hydrogen-bond acceptors (Lipinski definition) is 6. The lowest BCUT2D eigenvalue weighted by Gasteiger charge is -2.42. The summed E-state index contributed by atoms with van der Waals surface area (Å²) < 4.78 is 5.55. The fraction of sp³-hybridized carbons (Fsp3) is 0.567. The molecule has 0 radical (unpaired) electrons. The second-order valence-corrected chi connectivity index (χ2v) is 11.0. The maximum Gasteiger partial charge on any atom is 0.320 e. The number of aromatic hydroxyl groups is 1. The van der Waals surface area contributed by atoms with Crippen molar-refractivity contribution in [3.63, 3.8) is 0 Å². The zero-order valence-electron chi connectivity index (χ0n) is 23.5. The molecule has 0 amide bonds. The molecule has 2 rings (SSSR count). The minimum atomic E-state index is -1.00. The number of methoxy groups -OCH3 is 1. The third kappa shape index (κ3) is 7.48. The summed E-state index contributed by atoms with van der Waals surface area (Å²) in [5, 5.41) is 20.4. The Bertz CT molecular complexity index is 1110. The molecule has 210 valence electrons. The van der Waals surface area contributed by atoms with Gasteiger partial charge < -0.3 is 20.7 Å². The Morgan fingerprint density at radius 1 is 1.34 bits per heavy atom. The number of carboxylic acid groups (broad SMARTS) is 1. The van der Waals surface area contributed by atoms with Gasteiger partial charge in [-0.15, -0.1) is 0 Å². The number of benzene rings is 1. The molecule has 4 atom stereocenters. The number of carboxylic acids is 1. The molecule has 1 aromatic carbocycles. The molecule has 1 aliphatic carbocycles. The van der Waals surface area contributed by atoms with Gasteiger partial charge in [0.2, 0.25) is 0 Å². The fourth-order valence-electron chi connectivity index (χ4n) is 4.89. The van der Waals surface area contributed by atoms with Crippen molar-refractivity contribution in [3.8, 4) is 11.5 Å². The number of nitrogens with zero attached hydrogens (tertiary/aromatic N) is 1. The molecule has 1 aliphatic rings. The van der Waals surface area contributed by atoms with Crippen LogP contribution in [0.2, 0.25) is 5.02 Å². The third-order valence-corrected chi connectivity index (χ3v) is 8.63. The van der Waals surface area contributed by atoms with E-state index in [-0.39, 0.29) is 17.1 Å². The summed E-state index contributed by atoms with van der Waals surface area (Å²) in [6.07, 6.45) is 11.5. The van der Waals surface area contributed by atoms with E-state index in [2.05, 4.69) is 31.0 Å². The fourth-order valence-corrected chi connectivity index (χ4v) is 5.18. The van der Waals surface area contributed by atoms with Gasteiger partial charge in [-0.05, 0) is 62.8 Å². The molecule has 0 aromatic heterocycles. The highest BCUT2D eigenvalue weighted by atomic mass is 35.5. The lowest BCUT2D eigenvalue weighted by Crippen LogP contribution is -2.40. The van der Waals surface area contributed by atoms with Gasteiger partial charge in [-0.1, -0.05) is 56.2 Å². The second-order valence-electron chi connectivity index (χ2n) is 10.7. The maximum absolute atomic E-state index is 12.3. The number of ketones is 1. The van der Waals surface area contributed by atoms with Gasteiger partial charge in [0, 0.05) is 36.2 Å². The van der Waals surface area contributed by atoms with Crippen molar-refractivity contribution in [1.29, 1.82) is 0 Å². The van der Waals surface area contributed by atoms with Gasteiger partial charge in [-0.2, -0.15) is 0 Å². The summed E-state index contributed by atoms with van der Waals surface area (Å²) in [5.41, 5.74) is 8.12. The molecule has 0 unspecified atom stereocenters. The number of rotatable bonds is 12. The number of halogens is 1. The van der Waals surface area contributed by atoms with E-state index in [1.807, 2.05) is 19.9 Å². The Balaban J connectivity index is 2.21. The summed E-state index contributed by atoms with van der Waals surface area (Å²) in [5.74, 6) is 0.207. The molecule has 0 saturated heterocycles. The van der Waals surface area contributed by atoms with E-state index in [1.165, 1.54) is 7.11 Å². The Morgan fingerprint density at radius 3 is 2.66 bits per heavy atom. The number of hydrogen-bond donors (Lipinski definition) is 3. The molecular weight excluding hydrogens is 504 g/mol. The number of phenols is 1. The molecular formula is C30H43ClN2O5. The Hall–Kier alpha value is -2.64. The predicted molar refractivity (Wildman–Crippen MR) is 154 cm³/mol. The van der Waals surface area contributed by atoms with E-state index in [4.69, 9.17) is 27.2 Å². The van der Waals surface area contributed by atoms with Crippen molar-refractivity contribution >= 4 is 29.6 Å². The SMILES string of the molecule is COc1c(Cl)c(C)c(C=NCCCC[C@@H](N)C(=O)O)c(O)c1C/C=C(C)/C=C/[C@@]1(C)[C@H](C)CCC(=O)[C@@H]1C. The van der Waals surface area contributed by atoms with Crippen LogP contribution in [0.15, 0.2) is 28.8 Å². The molecule has 0 heterocycles. The first kappa shape index (κ1) is 31.6. The van der Waals surface area contributed by atoms with Gasteiger partial charge in [0.25, 0.3) is 0 Å². The quantitative estimate of drug-likeness (QED) is 0.167. The van der Waals surface area contributed by atoms with Crippen LogP contribution in [0.4, 0.5) is 0 Å². The minimum Gasteiger partial charge on any atom is -0.507 e. The first-order valence-electron chi connectivity index (χ1n) is 13.3. The first-order valence-corrected chi connectivity index (χ1v) is 13.7. The highest BCUT2D eigenvalue weighted by molar-refractivity contribution is 6.33. The van der Waals surface area contributed by atoms with Crippen LogP contribution < -0.4 is 10.5 Å². The number of Topliss-reactive ketones (excluding diaryl/α,β-unsaturated/α-hetero) is 1. The molecule has 0 bridgehead atoms. The number of aliphatic carboxylic acids is 1. The highest BCUT2D eigenvalue weighted by Gasteiger charge is 2.41. The highest BCUT2D eigenvalue weighted by Crippen LogP contribution is 2.45. The predicted octanol–water partition coefficient (Wildman–Crippen LogP) is 6.05. The van der Waals surface area contributed by atoms with Crippen LogP contribution in [-0.4, -0.2) is 47.9 Å². The van der Waals surface area contributed by atoms with Crippen LogP contribution in [0.1, 0.15) is 76.5 Å². The Kier molecular flexibility index (Phi) is 11.6. The number of nitrogens with two attached hydrogens (primary N) is 1. The number of allylic oxidation sites excluding steroid dienone is 4. The number of carbonyl (C=O) groups excluding carboxylic acids is 1. The number of unbranched alkanes of at least 4 members (excludes halogenated alkanes) is 1. The van der Waals surface area contributed by atoms with Gasteiger partial charge in [0.15, 0.2) is 0 Å². The average Bonchev–Trinajstić information content (AvgIpc) is 2.88. The zero-order valence-corrected chi connectivity index (χ0v) is 24.3. The van der Waals surface area contributed by atoms with Crippen LogP contribution in [0.3, 0.4) is 0 Å². The molecule has 8 heteroatoms. The summed E-state index contributed by atoms with van der Waals surface area (Å²) in [4.78, 5) is 27.6. The standard InChI is InChI=1S/C30H43ClN2O5/c1-18(14-15-30(5)19(2)11-13-25(34)21(30)4)10-12-22-27(35)23(20(3)26(31)28(22)38-6)17-33-16-8-7-9-24(32)29(36)37/h10,14-15,17,19,21,24,35H,7-9,11-13,16,32H2,1-6H3,(H,36,37)/b15-14+,18-10+,33-17?/t19-,21+,24-,30+/m1/s1. The molecule has 1 saturated carbocycles. The minimum absolute atomic E-state index is 0.0221. The summed E-state index contributed by atoms with van der Waals surface area (Å²) in [6.45, 7) is 10.7. The lowest BCUT2D eigenvalue weighted by atomic mass is 9.61. The second kappa shape index (κ2) is 13.9. The van der Waals surface area contributed by atoms with Gasteiger partial charge in [0.05, 0.1) is 12.1 Å². The van der Waals surface area contributed by atoms with Crippen molar-refractivity contribution in [2.45, 2.75) is 79.2 Å². The van der Waals surface area contributed by atoms with Crippen LogP contribution in [0.25, 0.3) is 0 Å². The molecule has 0 aliphatic heterocycles. The molecule has 1 fully saturated rings. The van der Waals surface area contributed by atoms with Crippen molar-refractivity contribution in [1.82, 2.24) is 0 Å². The molecule has 38 heavy (non-hydrogen) atoms. The largest absolute Gasteiger partial charge is 0.507 e. The number of carbonyl (C=O) groups is 2. The topological polar surface area (TPSA) is 122 Å². The molecule has 0 spiro atoms. The summed E-state index contributed by atoms with van der Waals surface area (Å²) >= 11 is 6.61. The van der Waals surface area contributed by atoms with E-state index >= 15 is 0 Å². The monoisotopic (exact) mass is 546 g/mol. The van der Waals surface area contributed by atoms with Crippen LogP contribution in [0, 0.1) is 24.2 Å². The number of ether oxygens (including phenoxy) is 1. The summed E-state index contributed by atoms with van der Waals surface area (Å²) in [6, 6.07) is -0.862. The van der Waals surface area contributed by atoms with Crippen LogP contribution >= 0.6 is 11.6 Å². The van der Waals surface area contributed by atoms with Crippen molar-refractivity contribution in [2.24, 2.45) is 28.0 Å². The normalized spacial score (nSPS) is 23.4.